The molecule has 1 aliphatic heterocycles. The summed E-state index contributed by atoms with van der Waals surface area (Å²) in [5, 5.41) is 0. The van der Waals surface area contributed by atoms with Crippen LogP contribution in [0.2, 0.25) is 0 Å². The molecule has 0 unspecified atom stereocenters. The summed E-state index contributed by atoms with van der Waals surface area (Å²) in [5.74, 6) is 0.920. The second-order valence-electron chi connectivity index (χ2n) is 4.01. The number of nitrogens with zero attached hydrogens (tertiary/aromatic N) is 1. The Morgan fingerprint density at radius 3 is 2.56 bits per heavy atom. The predicted octanol–water partition coefficient (Wildman–Crippen LogP) is 2.38. The molecule has 0 saturated carbocycles. The average Bonchev–Trinajstić information content (AvgIpc) is 2.41. The zero-order chi connectivity index (χ0) is 11.8. The molecule has 1 aromatic carbocycles. The predicted molar refractivity (Wildman–Crippen MR) is 75.6 cm³/mol. The molecule has 0 N–H and O–H groups in total. The third-order valence-electron chi connectivity index (χ3n) is 2.72. The maximum atomic E-state index is 5.57. The van der Waals surface area contributed by atoms with Gasteiger partial charge in [0.1, 0.15) is 12.4 Å². The maximum absolute atomic E-state index is 5.57. The number of morpholine rings is 1. The van der Waals surface area contributed by atoms with E-state index in [1.807, 2.05) is 30.3 Å². The number of ether oxygens (including phenoxy) is 2. The first-order valence-corrected chi connectivity index (χ1v) is 6.08. The summed E-state index contributed by atoms with van der Waals surface area (Å²) >= 11 is 0. The molecule has 0 bridgehead atoms. The summed E-state index contributed by atoms with van der Waals surface area (Å²) < 4.78 is 10.9. The van der Waals surface area contributed by atoms with Gasteiger partial charge in [-0.25, -0.2) is 0 Å². The second-order valence-corrected chi connectivity index (χ2v) is 4.01. The van der Waals surface area contributed by atoms with Crippen molar-refractivity contribution < 1.29 is 9.47 Å². The van der Waals surface area contributed by atoms with Crippen molar-refractivity contribution in [3.8, 4) is 5.75 Å². The van der Waals surface area contributed by atoms with Crippen LogP contribution in [-0.2, 0) is 4.74 Å². The van der Waals surface area contributed by atoms with Gasteiger partial charge >= 0.3 is 0 Å². The molecule has 0 atom stereocenters. The van der Waals surface area contributed by atoms with E-state index in [0.717, 1.165) is 38.6 Å². The van der Waals surface area contributed by atoms with Gasteiger partial charge in [-0.1, -0.05) is 30.4 Å². The van der Waals surface area contributed by atoms with Crippen molar-refractivity contribution >= 4 is 12.4 Å². The highest BCUT2D eigenvalue weighted by atomic mass is 35.5. The Morgan fingerprint density at radius 1 is 1.11 bits per heavy atom. The van der Waals surface area contributed by atoms with Crippen molar-refractivity contribution in [2.24, 2.45) is 0 Å². The Morgan fingerprint density at radius 2 is 1.83 bits per heavy atom. The van der Waals surface area contributed by atoms with Gasteiger partial charge < -0.3 is 9.47 Å². The van der Waals surface area contributed by atoms with Crippen LogP contribution in [0.3, 0.4) is 0 Å². The Hall–Kier alpha value is -1.03. The van der Waals surface area contributed by atoms with Crippen LogP contribution in [0, 0.1) is 0 Å². The van der Waals surface area contributed by atoms with Crippen molar-refractivity contribution in [2.75, 3.05) is 39.5 Å². The molecule has 1 aromatic rings. The molecular weight excluding hydrogens is 250 g/mol. The van der Waals surface area contributed by atoms with E-state index in [1.165, 1.54) is 0 Å². The second kappa shape index (κ2) is 8.97. The van der Waals surface area contributed by atoms with Gasteiger partial charge in [0.05, 0.1) is 13.2 Å². The van der Waals surface area contributed by atoms with E-state index >= 15 is 0 Å². The number of benzene rings is 1. The molecule has 3 nitrogen and oxygen atoms in total. The van der Waals surface area contributed by atoms with Crippen molar-refractivity contribution in [1.82, 2.24) is 4.90 Å². The summed E-state index contributed by atoms with van der Waals surface area (Å²) in [4.78, 5) is 2.38. The average molecular weight is 270 g/mol. The fourth-order valence-corrected chi connectivity index (χ4v) is 1.74. The lowest BCUT2D eigenvalue weighted by Crippen LogP contribution is -2.36. The third kappa shape index (κ3) is 5.54. The van der Waals surface area contributed by atoms with Gasteiger partial charge in [-0.05, 0) is 12.1 Å². The highest BCUT2D eigenvalue weighted by Gasteiger charge is 2.07. The molecule has 18 heavy (non-hydrogen) atoms. The van der Waals surface area contributed by atoms with Crippen LogP contribution in [0.5, 0.6) is 5.75 Å². The maximum Gasteiger partial charge on any atom is 0.119 e. The lowest BCUT2D eigenvalue weighted by molar-refractivity contribution is 0.0434. The lowest BCUT2D eigenvalue weighted by Gasteiger charge is -2.25. The van der Waals surface area contributed by atoms with Gasteiger partial charge in [-0.15, -0.1) is 12.4 Å². The van der Waals surface area contributed by atoms with Crippen molar-refractivity contribution in [3.05, 3.63) is 42.5 Å². The number of para-hydroxylation sites is 1. The summed E-state index contributed by atoms with van der Waals surface area (Å²) in [6.45, 7) is 5.40. The SMILES string of the molecule is C(=C\CN1CCOCC1)/COc1ccccc1.Cl. The van der Waals surface area contributed by atoms with Crippen LogP contribution >= 0.6 is 12.4 Å². The zero-order valence-corrected chi connectivity index (χ0v) is 11.3. The molecule has 100 valence electrons. The van der Waals surface area contributed by atoms with Crippen LogP contribution in [-0.4, -0.2) is 44.4 Å². The highest BCUT2D eigenvalue weighted by molar-refractivity contribution is 5.85. The Labute approximate surface area is 115 Å². The molecule has 1 heterocycles. The van der Waals surface area contributed by atoms with Gasteiger partial charge in [-0.3, -0.25) is 4.90 Å². The summed E-state index contributed by atoms with van der Waals surface area (Å²) in [6, 6.07) is 9.88. The first kappa shape index (κ1) is 15.0. The minimum atomic E-state index is 0. The van der Waals surface area contributed by atoms with Gasteiger partial charge in [0.2, 0.25) is 0 Å². The van der Waals surface area contributed by atoms with Gasteiger partial charge in [0.15, 0.2) is 0 Å². The van der Waals surface area contributed by atoms with E-state index in [2.05, 4.69) is 17.1 Å². The molecular formula is C14H20ClNO2. The van der Waals surface area contributed by atoms with E-state index in [-0.39, 0.29) is 12.4 Å². The Kier molecular flexibility index (Phi) is 7.49. The first-order valence-electron chi connectivity index (χ1n) is 6.08. The molecule has 0 aromatic heterocycles. The van der Waals surface area contributed by atoms with Crippen LogP contribution in [0.1, 0.15) is 0 Å². The van der Waals surface area contributed by atoms with E-state index < -0.39 is 0 Å². The molecule has 4 heteroatoms. The minimum absolute atomic E-state index is 0. The van der Waals surface area contributed by atoms with Gasteiger partial charge in [0, 0.05) is 19.6 Å². The molecule has 0 aliphatic carbocycles. The Bertz CT molecular complexity index is 337. The summed E-state index contributed by atoms with van der Waals surface area (Å²) in [5.41, 5.74) is 0. The normalized spacial score (nSPS) is 16.4. The van der Waals surface area contributed by atoms with E-state index in [4.69, 9.17) is 9.47 Å². The number of rotatable bonds is 5. The Balaban J connectivity index is 0.00000162. The lowest BCUT2D eigenvalue weighted by atomic mass is 10.3. The fraction of sp³-hybridized carbons (Fsp3) is 0.429. The van der Waals surface area contributed by atoms with Crippen LogP contribution in [0.15, 0.2) is 42.5 Å². The summed E-state index contributed by atoms with van der Waals surface area (Å²) in [6.07, 6.45) is 4.23. The van der Waals surface area contributed by atoms with Crippen molar-refractivity contribution in [2.45, 2.75) is 0 Å². The molecule has 0 radical (unpaired) electrons. The number of halogens is 1. The standard InChI is InChI=1S/C14H19NO2.ClH/c1-2-6-14(7-3-1)17-11-5-4-8-15-9-12-16-13-10-15;/h1-7H,8-13H2;1H/b5-4+;. The van der Waals surface area contributed by atoms with Crippen molar-refractivity contribution in [1.29, 1.82) is 0 Å². The van der Waals surface area contributed by atoms with E-state index in [0.29, 0.717) is 6.61 Å². The topological polar surface area (TPSA) is 21.7 Å². The largest absolute Gasteiger partial charge is 0.490 e. The van der Waals surface area contributed by atoms with Crippen LogP contribution in [0.4, 0.5) is 0 Å². The van der Waals surface area contributed by atoms with Crippen LogP contribution < -0.4 is 4.74 Å². The fourth-order valence-electron chi connectivity index (χ4n) is 1.74. The molecule has 1 aliphatic rings. The molecule has 1 saturated heterocycles. The minimum Gasteiger partial charge on any atom is -0.490 e. The number of hydrogen-bond acceptors (Lipinski definition) is 3. The molecule has 2 rings (SSSR count). The van der Waals surface area contributed by atoms with Crippen molar-refractivity contribution in [3.63, 3.8) is 0 Å². The van der Waals surface area contributed by atoms with Crippen LogP contribution in [0.25, 0.3) is 0 Å². The van der Waals surface area contributed by atoms with Gasteiger partial charge in [-0.2, -0.15) is 0 Å². The van der Waals surface area contributed by atoms with E-state index in [1.54, 1.807) is 0 Å². The van der Waals surface area contributed by atoms with E-state index in [9.17, 15) is 0 Å². The highest BCUT2D eigenvalue weighted by Crippen LogP contribution is 2.07. The number of hydrogen-bond donors (Lipinski definition) is 0. The molecule has 0 amide bonds. The quantitative estimate of drug-likeness (QED) is 0.766. The molecule has 0 spiro atoms. The monoisotopic (exact) mass is 269 g/mol. The van der Waals surface area contributed by atoms with Gasteiger partial charge in [0.25, 0.3) is 0 Å². The molecule has 1 fully saturated rings. The zero-order valence-electron chi connectivity index (χ0n) is 10.5. The third-order valence-corrected chi connectivity index (χ3v) is 2.72. The smallest absolute Gasteiger partial charge is 0.119 e. The summed E-state index contributed by atoms with van der Waals surface area (Å²) in [7, 11) is 0. The first-order chi connectivity index (χ1) is 8.45.